The Labute approximate surface area is 143 Å². The molecule has 0 saturated carbocycles. The molecule has 2 aromatic rings. The molecule has 0 aliphatic heterocycles. The summed E-state index contributed by atoms with van der Waals surface area (Å²) in [5.74, 6) is -0.609. The Morgan fingerprint density at radius 1 is 1.04 bits per heavy atom. The van der Waals surface area contributed by atoms with E-state index in [1.807, 2.05) is 62.4 Å². The molecule has 0 spiro atoms. The fourth-order valence-corrected chi connectivity index (χ4v) is 3.77. The van der Waals surface area contributed by atoms with Gasteiger partial charge in [0.05, 0.1) is 11.8 Å². The van der Waals surface area contributed by atoms with E-state index < -0.39 is 21.0 Å². The first-order valence-electron chi connectivity index (χ1n) is 7.92. The summed E-state index contributed by atoms with van der Waals surface area (Å²) in [6.07, 6.45) is 0. The number of carbonyl (C=O) groups is 1. The molecule has 0 aromatic heterocycles. The summed E-state index contributed by atoms with van der Waals surface area (Å²) in [6, 6.07) is 16.6. The van der Waals surface area contributed by atoms with Gasteiger partial charge in [-0.1, -0.05) is 60.2 Å². The molecule has 2 atom stereocenters. The number of nitrogens with one attached hydrogen (secondary N) is 1. The number of hydrogen-bond donors (Lipinski definition) is 1. The van der Waals surface area contributed by atoms with Crippen molar-refractivity contribution < 1.29 is 13.2 Å². The van der Waals surface area contributed by atoms with E-state index in [-0.39, 0.29) is 11.8 Å². The highest BCUT2D eigenvalue weighted by Gasteiger charge is 2.29. The van der Waals surface area contributed by atoms with E-state index in [0.29, 0.717) is 5.56 Å². The summed E-state index contributed by atoms with van der Waals surface area (Å²) in [5, 5.41) is 1.69. The van der Waals surface area contributed by atoms with Crippen molar-refractivity contribution in [1.82, 2.24) is 5.32 Å². The first-order valence-corrected chi connectivity index (χ1v) is 9.63. The minimum absolute atomic E-state index is 0.136. The number of rotatable bonds is 6. The molecule has 2 unspecified atom stereocenters. The monoisotopic (exact) mass is 345 g/mol. The summed E-state index contributed by atoms with van der Waals surface area (Å²) < 4.78 is 25.0. The lowest BCUT2D eigenvalue weighted by atomic mass is 10.1. The maximum Gasteiger partial charge on any atom is 0.238 e. The maximum absolute atomic E-state index is 12.5. The minimum Gasteiger partial charge on any atom is -0.348 e. The average Bonchev–Trinajstić information content (AvgIpc) is 2.54. The van der Waals surface area contributed by atoms with Crippen LogP contribution in [0.5, 0.6) is 0 Å². The summed E-state index contributed by atoms with van der Waals surface area (Å²) in [7, 11) is -3.57. The predicted molar refractivity (Wildman–Crippen MR) is 96.3 cm³/mol. The van der Waals surface area contributed by atoms with Crippen LogP contribution in [-0.2, 0) is 20.4 Å². The molecule has 0 heterocycles. The molecule has 1 amide bonds. The van der Waals surface area contributed by atoms with Gasteiger partial charge in [-0.15, -0.1) is 0 Å². The summed E-state index contributed by atoms with van der Waals surface area (Å²) in [6.45, 7) is 5.19. The van der Waals surface area contributed by atoms with Gasteiger partial charge in [0, 0.05) is 0 Å². The molecular formula is C19H23NO3S. The Morgan fingerprint density at radius 2 is 1.71 bits per heavy atom. The molecule has 0 radical (unpaired) electrons. The standard InChI is InChI=1S/C19H23NO3S/c1-14-8-7-9-17(12-14)13-24(22,23)16(3)19(21)20-15(2)18-10-5-4-6-11-18/h4-12,15-16H,13H2,1-3H3,(H,20,21). The predicted octanol–water partition coefficient (Wildman–Crippen LogP) is 3.18. The molecule has 0 aliphatic carbocycles. The zero-order chi connectivity index (χ0) is 17.7. The highest BCUT2D eigenvalue weighted by atomic mass is 32.2. The molecule has 2 aromatic carbocycles. The van der Waals surface area contributed by atoms with Crippen molar-refractivity contribution in [2.24, 2.45) is 0 Å². The Bertz CT molecular complexity index is 800. The van der Waals surface area contributed by atoms with Gasteiger partial charge < -0.3 is 5.32 Å². The van der Waals surface area contributed by atoms with Crippen LogP contribution in [-0.4, -0.2) is 19.6 Å². The number of sulfone groups is 1. The minimum atomic E-state index is -3.57. The Kier molecular flexibility index (Phi) is 5.78. The van der Waals surface area contributed by atoms with Crippen LogP contribution in [0, 0.1) is 6.92 Å². The smallest absolute Gasteiger partial charge is 0.238 e. The maximum atomic E-state index is 12.5. The lowest BCUT2D eigenvalue weighted by Crippen LogP contribution is -2.39. The molecule has 0 bridgehead atoms. The third-order valence-corrected chi connectivity index (χ3v) is 6.04. The second kappa shape index (κ2) is 7.62. The lowest BCUT2D eigenvalue weighted by molar-refractivity contribution is -0.121. The number of amides is 1. The second-order valence-electron chi connectivity index (χ2n) is 6.08. The first-order chi connectivity index (χ1) is 11.3. The highest BCUT2D eigenvalue weighted by Crippen LogP contribution is 2.16. The van der Waals surface area contributed by atoms with E-state index in [1.165, 1.54) is 6.92 Å². The highest BCUT2D eigenvalue weighted by molar-refractivity contribution is 7.92. The summed E-state index contributed by atoms with van der Waals surface area (Å²) >= 11 is 0. The Hall–Kier alpha value is -2.14. The van der Waals surface area contributed by atoms with Crippen molar-refractivity contribution in [3.05, 3.63) is 71.3 Å². The quantitative estimate of drug-likeness (QED) is 0.874. The number of hydrogen-bond acceptors (Lipinski definition) is 3. The SMILES string of the molecule is Cc1cccc(CS(=O)(=O)C(C)C(=O)NC(C)c2ccccc2)c1. The molecule has 4 nitrogen and oxygen atoms in total. The summed E-state index contributed by atoms with van der Waals surface area (Å²) in [5.41, 5.74) is 2.64. The van der Waals surface area contributed by atoms with Crippen molar-refractivity contribution in [3.63, 3.8) is 0 Å². The molecular weight excluding hydrogens is 322 g/mol. The van der Waals surface area contributed by atoms with E-state index in [1.54, 1.807) is 6.07 Å². The fraction of sp³-hybridized carbons (Fsp3) is 0.316. The van der Waals surface area contributed by atoms with Crippen molar-refractivity contribution in [1.29, 1.82) is 0 Å². The van der Waals surface area contributed by atoms with Crippen LogP contribution in [0.2, 0.25) is 0 Å². The van der Waals surface area contributed by atoms with Crippen LogP contribution in [0.25, 0.3) is 0 Å². The van der Waals surface area contributed by atoms with Crippen LogP contribution < -0.4 is 5.32 Å². The van der Waals surface area contributed by atoms with Crippen molar-refractivity contribution in [3.8, 4) is 0 Å². The van der Waals surface area contributed by atoms with Crippen molar-refractivity contribution >= 4 is 15.7 Å². The Morgan fingerprint density at radius 3 is 2.33 bits per heavy atom. The van der Waals surface area contributed by atoms with E-state index in [0.717, 1.165) is 11.1 Å². The lowest BCUT2D eigenvalue weighted by Gasteiger charge is -2.18. The molecule has 0 fully saturated rings. The molecule has 1 N–H and O–H groups in total. The number of benzene rings is 2. The topological polar surface area (TPSA) is 63.2 Å². The van der Waals surface area contributed by atoms with Gasteiger partial charge in [0.2, 0.25) is 5.91 Å². The third kappa shape index (κ3) is 4.68. The van der Waals surface area contributed by atoms with Crippen LogP contribution in [0.3, 0.4) is 0 Å². The van der Waals surface area contributed by atoms with Crippen LogP contribution in [0.4, 0.5) is 0 Å². The second-order valence-corrected chi connectivity index (χ2v) is 8.40. The number of carbonyl (C=O) groups excluding carboxylic acids is 1. The van der Waals surface area contributed by atoms with Gasteiger partial charge in [-0.05, 0) is 31.9 Å². The van der Waals surface area contributed by atoms with Crippen LogP contribution in [0.1, 0.15) is 36.6 Å². The molecule has 0 aliphatic rings. The van der Waals surface area contributed by atoms with E-state index >= 15 is 0 Å². The zero-order valence-corrected chi connectivity index (χ0v) is 15.0. The van der Waals surface area contributed by atoms with Gasteiger partial charge in [-0.3, -0.25) is 4.79 Å². The fourth-order valence-electron chi connectivity index (χ4n) is 2.48. The van der Waals surface area contributed by atoms with Crippen molar-refractivity contribution in [2.45, 2.75) is 37.8 Å². The van der Waals surface area contributed by atoms with Gasteiger partial charge in [-0.25, -0.2) is 8.42 Å². The Balaban J connectivity index is 2.06. The molecule has 5 heteroatoms. The van der Waals surface area contributed by atoms with Gasteiger partial charge in [-0.2, -0.15) is 0 Å². The normalized spacial score (nSPS) is 14.0. The van der Waals surface area contributed by atoms with Crippen molar-refractivity contribution in [2.75, 3.05) is 0 Å². The molecule has 0 saturated heterocycles. The summed E-state index contributed by atoms with van der Waals surface area (Å²) in [4.78, 5) is 12.3. The largest absolute Gasteiger partial charge is 0.348 e. The first kappa shape index (κ1) is 18.2. The third-order valence-electron chi connectivity index (χ3n) is 4.02. The van der Waals surface area contributed by atoms with E-state index in [9.17, 15) is 13.2 Å². The molecule has 24 heavy (non-hydrogen) atoms. The van der Waals surface area contributed by atoms with E-state index in [4.69, 9.17) is 0 Å². The van der Waals surface area contributed by atoms with Crippen LogP contribution >= 0.6 is 0 Å². The molecule has 128 valence electrons. The number of aryl methyl sites for hydroxylation is 1. The average molecular weight is 345 g/mol. The molecule has 2 rings (SSSR count). The van der Waals surface area contributed by atoms with Crippen LogP contribution in [0.15, 0.2) is 54.6 Å². The van der Waals surface area contributed by atoms with E-state index in [2.05, 4.69) is 5.32 Å². The van der Waals surface area contributed by atoms with Gasteiger partial charge in [0.25, 0.3) is 0 Å². The van der Waals surface area contributed by atoms with Gasteiger partial charge >= 0.3 is 0 Å². The van der Waals surface area contributed by atoms with Gasteiger partial charge in [0.1, 0.15) is 5.25 Å². The van der Waals surface area contributed by atoms with Gasteiger partial charge in [0.15, 0.2) is 9.84 Å². The zero-order valence-electron chi connectivity index (χ0n) is 14.2.